The van der Waals surface area contributed by atoms with Gasteiger partial charge in [0.15, 0.2) is 11.6 Å². The van der Waals surface area contributed by atoms with Gasteiger partial charge in [-0.05, 0) is 88.0 Å². The number of aromatic nitrogens is 1. The Hall–Kier alpha value is -3.28. The molecule has 1 saturated heterocycles. The molecule has 7 nitrogen and oxygen atoms in total. The van der Waals surface area contributed by atoms with E-state index in [1.54, 1.807) is 23.7 Å². The highest BCUT2D eigenvalue weighted by atomic mass is 19.2. The number of methoxy groups -OCH3 is 1. The molecule has 1 aliphatic rings. The third-order valence-corrected chi connectivity index (χ3v) is 7.68. The van der Waals surface area contributed by atoms with E-state index in [9.17, 15) is 32.7 Å². The smallest absolute Gasteiger partial charge is 0.249 e. The largest absolute Gasteiger partial charge is 0.497 e. The maximum absolute atomic E-state index is 14.8. The van der Waals surface area contributed by atoms with E-state index in [4.69, 9.17) is 4.74 Å². The van der Waals surface area contributed by atoms with Crippen molar-refractivity contribution in [3.05, 3.63) is 70.9 Å². The Morgan fingerprint density at radius 3 is 2.59 bits per heavy atom. The fourth-order valence-corrected chi connectivity index (χ4v) is 5.39. The average molecular weight is 550 g/mol. The van der Waals surface area contributed by atoms with Crippen LogP contribution < -0.4 is 10.2 Å². The van der Waals surface area contributed by atoms with Crippen molar-refractivity contribution in [1.29, 1.82) is 0 Å². The Labute approximate surface area is 223 Å². The number of piperidine rings is 1. The lowest BCUT2D eigenvalue weighted by molar-refractivity contribution is -0.143. The average Bonchev–Trinajstić information content (AvgIpc) is 2.94. The van der Waals surface area contributed by atoms with E-state index in [1.165, 1.54) is 7.11 Å². The Balaban J connectivity index is 1.40. The van der Waals surface area contributed by atoms with E-state index < -0.39 is 40.7 Å². The Kier molecular flexibility index (Phi) is 9.04. The second kappa shape index (κ2) is 12.3. The zero-order valence-electron chi connectivity index (χ0n) is 21.5. The minimum Gasteiger partial charge on any atom is -0.497 e. The number of aliphatic hydroxyl groups is 1. The van der Waals surface area contributed by atoms with Crippen LogP contribution in [0, 0.1) is 28.7 Å². The number of aryl methyl sites for hydroxylation is 1. The minimum absolute atomic E-state index is 0.0269. The van der Waals surface area contributed by atoms with Crippen LogP contribution in [0.15, 0.2) is 36.5 Å². The van der Waals surface area contributed by atoms with Crippen LogP contribution in [-0.2, 0) is 11.2 Å². The Morgan fingerprint density at radius 2 is 1.90 bits per heavy atom. The Morgan fingerprint density at radius 1 is 1.15 bits per heavy atom. The summed E-state index contributed by atoms with van der Waals surface area (Å²) in [6.45, 7) is 1.48. The van der Waals surface area contributed by atoms with Crippen LogP contribution in [0.2, 0.25) is 0 Å². The molecule has 0 saturated carbocycles. The second-order valence-electron chi connectivity index (χ2n) is 9.98. The zero-order chi connectivity index (χ0) is 28.2. The normalized spacial score (nSPS) is 16.3. The van der Waals surface area contributed by atoms with Gasteiger partial charge in [0.2, 0.25) is 5.91 Å². The van der Waals surface area contributed by atoms with Gasteiger partial charge in [0.25, 0.3) is 0 Å². The molecule has 39 heavy (non-hydrogen) atoms. The van der Waals surface area contributed by atoms with Crippen LogP contribution in [0.1, 0.15) is 49.3 Å². The van der Waals surface area contributed by atoms with Gasteiger partial charge in [-0.1, -0.05) is 0 Å². The van der Waals surface area contributed by atoms with Gasteiger partial charge in [0, 0.05) is 17.0 Å². The first-order chi connectivity index (χ1) is 18.7. The quantitative estimate of drug-likeness (QED) is 0.145. The lowest BCUT2D eigenvalue weighted by Crippen LogP contribution is -2.48. The summed E-state index contributed by atoms with van der Waals surface area (Å²) in [7, 11) is 1.48. The summed E-state index contributed by atoms with van der Waals surface area (Å²) in [5, 5.41) is 20.8. The summed E-state index contributed by atoms with van der Waals surface area (Å²) < 4.78 is 60.8. The van der Waals surface area contributed by atoms with Gasteiger partial charge in [0.1, 0.15) is 17.4 Å². The minimum atomic E-state index is -1.23. The first-order valence-corrected chi connectivity index (χ1v) is 12.8. The predicted octanol–water partition coefficient (Wildman–Crippen LogP) is 4.83. The first-order valence-electron chi connectivity index (χ1n) is 12.8. The van der Waals surface area contributed by atoms with Crippen molar-refractivity contribution in [3.8, 4) is 5.75 Å². The second-order valence-corrected chi connectivity index (χ2v) is 9.98. The lowest BCUT2D eigenvalue weighted by Gasteiger charge is -2.40. The number of fused-ring (bicyclic) bond motifs is 1. The number of ether oxygens (including phenoxy) is 1. The van der Waals surface area contributed by atoms with Gasteiger partial charge < -0.3 is 14.7 Å². The van der Waals surface area contributed by atoms with Crippen molar-refractivity contribution < 1.29 is 37.4 Å². The Bertz CT molecular complexity index is 1330. The molecule has 1 aromatic heterocycles. The number of rotatable bonds is 10. The molecule has 11 heteroatoms. The third-order valence-electron chi connectivity index (χ3n) is 7.68. The monoisotopic (exact) mass is 549 g/mol. The SMILES string of the molecule is COc1ccc2ncc(F)c(C(O)CCC3(C(=O)NO)CCN(CCCc4cc(F)cc(F)c4F)CC3)c2c1. The molecular weight excluding hydrogens is 518 g/mol. The van der Waals surface area contributed by atoms with E-state index >= 15 is 0 Å². The van der Waals surface area contributed by atoms with Crippen LogP contribution >= 0.6 is 0 Å². The zero-order valence-corrected chi connectivity index (χ0v) is 21.5. The van der Waals surface area contributed by atoms with E-state index in [0.717, 1.165) is 12.3 Å². The number of aliphatic hydroxyl groups excluding tert-OH is 1. The van der Waals surface area contributed by atoms with E-state index in [-0.39, 0.29) is 30.4 Å². The maximum atomic E-state index is 14.8. The number of benzene rings is 2. The molecule has 1 aliphatic heterocycles. The van der Waals surface area contributed by atoms with Crippen molar-refractivity contribution >= 4 is 16.8 Å². The summed E-state index contributed by atoms with van der Waals surface area (Å²) in [4.78, 5) is 18.9. The van der Waals surface area contributed by atoms with Crippen LogP contribution in [0.5, 0.6) is 5.75 Å². The molecule has 4 rings (SSSR count). The molecule has 1 fully saturated rings. The van der Waals surface area contributed by atoms with Crippen LogP contribution in [0.4, 0.5) is 17.6 Å². The number of nitrogens with zero attached hydrogens (tertiary/aromatic N) is 2. The van der Waals surface area contributed by atoms with Crippen LogP contribution in [-0.4, -0.2) is 52.8 Å². The summed E-state index contributed by atoms with van der Waals surface area (Å²) in [6, 6.07) is 6.45. The van der Waals surface area contributed by atoms with Gasteiger partial charge in [-0.25, -0.2) is 23.0 Å². The number of nitrogens with one attached hydrogen (secondary N) is 1. The van der Waals surface area contributed by atoms with Crippen LogP contribution in [0.3, 0.4) is 0 Å². The number of likely N-dealkylation sites (tertiary alicyclic amines) is 1. The number of carbonyl (C=O) groups excluding carboxylic acids is 1. The summed E-state index contributed by atoms with van der Waals surface area (Å²) >= 11 is 0. The number of halogens is 4. The molecule has 3 N–H and O–H groups in total. The summed E-state index contributed by atoms with van der Waals surface area (Å²) in [5.41, 5.74) is 1.28. The van der Waals surface area contributed by atoms with Crippen molar-refractivity contribution in [1.82, 2.24) is 15.4 Å². The van der Waals surface area contributed by atoms with E-state index in [0.29, 0.717) is 61.6 Å². The topological polar surface area (TPSA) is 94.9 Å². The van der Waals surface area contributed by atoms with Crippen molar-refractivity contribution in [3.63, 3.8) is 0 Å². The molecule has 0 spiro atoms. The first kappa shape index (κ1) is 28.7. The van der Waals surface area contributed by atoms with Gasteiger partial charge in [-0.15, -0.1) is 0 Å². The number of hydrogen-bond acceptors (Lipinski definition) is 6. The molecule has 3 aromatic rings. The number of hydrogen-bond donors (Lipinski definition) is 3. The molecule has 1 amide bonds. The lowest BCUT2D eigenvalue weighted by atomic mass is 9.73. The standard InChI is InChI=1S/C28H31F4N3O4/c1-39-19-4-5-23-20(15-19)25(22(31)16-33-23)24(36)6-7-28(27(37)34-38)8-11-35(12-9-28)10-2-3-17-13-18(29)14-21(30)26(17)32/h4-5,13-16,24,36,38H,2-3,6-12H2,1H3,(H,34,37). The molecule has 0 aliphatic carbocycles. The number of hydroxylamine groups is 1. The van der Waals surface area contributed by atoms with Crippen molar-refractivity contribution in [2.45, 2.75) is 44.6 Å². The molecule has 0 radical (unpaired) electrons. The number of pyridine rings is 1. The fourth-order valence-electron chi connectivity index (χ4n) is 5.39. The molecule has 2 heterocycles. The number of amides is 1. The molecule has 1 unspecified atom stereocenters. The molecular formula is C28H31F4N3O4. The number of carbonyl (C=O) groups is 1. The van der Waals surface area contributed by atoms with E-state index in [2.05, 4.69) is 9.88 Å². The van der Waals surface area contributed by atoms with Crippen molar-refractivity contribution in [2.75, 3.05) is 26.7 Å². The fraction of sp³-hybridized carbons (Fsp3) is 0.429. The van der Waals surface area contributed by atoms with Gasteiger partial charge in [-0.3, -0.25) is 15.0 Å². The highest BCUT2D eigenvalue weighted by molar-refractivity contribution is 5.84. The van der Waals surface area contributed by atoms with E-state index in [1.807, 2.05) is 0 Å². The maximum Gasteiger partial charge on any atom is 0.249 e. The highest BCUT2D eigenvalue weighted by Crippen LogP contribution is 2.40. The van der Waals surface area contributed by atoms with Gasteiger partial charge in [0.05, 0.1) is 30.3 Å². The summed E-state index contributed by atoms with van der Waals surface area (Å²) in [6.07, 6.45) is 1.40. The molecule has 210 valence electrons. The van der Waals surface area contributed by atoms with Gasteiger partial charge >= 0.3 is 0 Å². The van der Waals surface area contributed by atoms with Gasteiger partial charge in [-0.2, -0.15) is 0 Å². The molecule has 0 bridgehead atoms. The van der Waals surface area contributed by atoms with Crippen molar-refractivity contribution in [2.24, 2.45) is 5.41 Å². The third kappa shape index (κ3) is 6.32. The summed E-state index contributed by atoms with van der Waals surface area (Å²) in [5.74, 6) is -3.87. The molecule has 2 aromatic carbocycles. The van der Waals surface area contributed by atoms with Crippen LogP contribution in [0.25, 0.3) is 10.9 Å². The predicted molar refractivity (Wildman–Crippen MR) is 135 cm³/mol. The highest BCUT2D eigenvalue weighted by Gasteiger charge is 2.41. The molecule has 1 atom stereocenters.